The van der Waals surface area contributed by atoms with Gasteiger partial charge in [-0.2, -0.15) is 0 Å². The van der Waals surface area contributed by atoms with Gasteiger partial charge in [0.05, 0.1) is 27.7 Å². The van der Waals surface area contributed by atoms with Crippen molar-refractivity contribution in [2.24, 2.45) is 0 Å². The average Bonchev–Trinajstić information content (AvgIpc) is 0.913. The normalized spacial score (nSPS) is 14.1. The van der Waals surface area contributed by atoms with Crippen LogP contribution in [-0.4, -0.2) is 70.0 Å². The molecule has 0 aliphatic rings. The van der Waals surface area contributed by atoms with Crippen molar-refractivity contribution in [1.29, 1.82) is 0 Å². The number of ether oxygens (including phenoxy) is 2. The number of quaternary nitrogens is 1. The highest BCUT2D eigenvalue weighted by atomic mass is 31.2. The summed E-state index contributed by atoms with van der Waals surface area (Å²) in [4.78, 5) is 38.2. The molecule has 0 aromatic rings. The Bertz CT molecular complexity index is 2480. The highest BCUT2D eigenvalue weighted by Gasteiger charge is 2.22. The zero-order valence-corrected chi connectivity index (χ0v) is 66.6. The molecular weight excluding hydrogens is 1280 g/mol. The van der Waals surface area contributed by atoms with Crippen molar-refractivity contribution in [3.8, 4) is 0 Å². The number of rotatable bonds is 73. The van der Waals surface area contributed by atoms with Crippen LogP contribution in [0.2, 0.25) is 0 Å². The maximum Gasteiger partial charge on any atom is 0.306 e. The molecule has 0 amide bonds. The summed E-state index contributed by atoms with van der Waals surface area (Å²) in [5.74, 6) is -0.845. The number of hydrogen-bond donors (Lipinski definition) is 0. The molecule has 0 spiro atoms. The van der Waals surface area contributed by atoms with Gasteiger partial charge in [-0.25, -0.2) is 0 Å². The van der Waals surface area contributed by atoms with Gasteiger partial charge >= 0.3 is 11.9 Å². The Morgan fingerprint density at radius 1 is 0.304 bits per heavy atom. The number of hydrogen-bond acceptors (Lipinski definition) is 8. The summed E-state index contributed by atoms with van der Waals surface area (Å²) in [5, 5.41) is 0. The number of likely N-dealkylation sites (N-methyl/N-ethyl adjacent to an activating group) is 1. The lowest BCUT2D eigenvalue weighted by atomic mass is 10.0. The van der Waals surface area contributed by atoms with Crippen molar-refractivity contribution in [3.05, 3.63) is 207 Å². The van der Waals surface area contributed by atoms with Gasteiger partial charge in [0.1, 0.15) is 19.8 Å². The smallest absolute Gasteiger partial charge is 0.306 e. The predicted molar refractivity (Wildman–Crippen MR) is 442 cm³/mol. The highest BCUT2D eigenvalue weighted by molar-refractivity contribution is 7.45. The third-order valence-corrected chi connectivity index (χ3v) is 17.8. The maximum absolute atomic E-state index is 12.9. The van der Waals surface area contributed by atoms with Crippen molar-refractivity contribution >= 4 is 19.8 Å². The van der Waals surface area contributed by atoms with E-state index in [1.165, 1.54) is 122 Å². The minimum Gasteiger partial charge on any atom is -0.756 e. The van der Waals surface area contributed by atoms with Crippen LogP contribution in [0.5, 0.6) is 0 Å². The summed E-state index contributed by atoms with van der Waals surface area (Å²) in [6, 6.07) is 0. The van der Waals surface area contributed by atoms with Crippen LogP contribution in [0, 0.1) is 0 Å². The van der Waals surface area contributed by atoms with Crippen LogP contribution < -0.4 is 4.89 Å². The maximum atomic E-state index is 12.9. The zero-order valence-electron chi connectivity index (χ0n) is 65.7. The largest absolute Gasteiger partial charge is 0.756 e. The second kappa shape index (κ2) is 79.7. The van der Waals surface area contributed by atoms with Crippen molar-refractivity contribution in [1.82, 2.24) is 0 Å². The van der Waals surface area contributed by atoms with Gasteiger partial charge in [-0.3, -0.25) is 14.2 Å². The molecule has 102 heavy (non-hydrogen) atoms. The molecule has 0 N–H and O–H groups in total. The molecule has 576 valence electrons. The van der Waals surface area contributed by atoms with E-state index in [1.54, 1.807) is 0 Å². The van der Waals surface area contributed by atoms with Crippen molar-refractivity contribution < 1.29 is 42.1 Å². The third kappa shape index (κ3) is 83.5. The molecule has 10 heteroatoms. The number of nitrogens with zero attached hydrogens (tertiary/aromatic N) is 1. The Morgan fingerprint density at radius 2 is 0.529 bits per heavy atom. The Kier molecular flexibility index (Phi) is 75.5. The number of phosphoric acid groups is 1. The first-order valence-electron chi connectivity index (χ1n) is 40.8. The van der Waals surface area contributed by atoms with Gasteiger partial charge in [-0.05, 0) is 148 Å². The fraction of sp³-hybridized carbons (Fsp3) is 0.609. The molecule has 0 aliphatic heterocycles. The SMILES string of the molecule is CC/C=C\C/C=C\C/C=C\C/C=C\C/C=C\C/C=C\C/C=C\C/C=C\C/C=C\CCCCCCCCCCCC(=O)OC(COC(=O)CCCCCCCCCCCCCCCCCC/C=C\C/C=C\C/C=C\C/C=C\C/C=C\C/C=C\C/C=C\C/C=C\CC)COP(=O)([O-])OCC[N+](C)(C)C. The average molecular weight is 1430 g/mol. The van der Waals surface area contributed by atoms with Crippen LogP contribution in [0.1, 0.15) is 309 Å². The molecule has 0 heterocycles. The Morgan fingerprint density at radius 3 is 0.784 bits per heavy atom. The molecular formula is C92H150NO8P. The number of esters is 2. The van der Waals surface area contributed by atoms with Gasteiger partial charge in [0.25, 0.3) is 7.82 Å². The van der Waals surface area contributed by atoms with E-state index in [1.807, 2.05) is 21.1 Å². The molecule has 0 radical (unpaired) electrons. The minimum absolute atomic E-state index is 0.0406. The monoisotopic (exact) mass is 1430 g/mol. The Balaban J connectivity index is 4.05. The first kappa shape index (κ1) is 96.6. The molecule has 2 unspecified atom stereocenters. The van der Waals surface area contributed by atoms with E-state index >= 15 is 0 Å². The fourth-order valence-electron chi connectivity index (χ4n) is 10.7. The summed E-state index contributed by atoms with van der Waals surface area (Å²) in [7, 11) is 1.15. The lowest BCUT2D eigenvalue weighted by molar-refractivity contribution is -0.870. The van der Waals surface area contributed by atoms with E-state index in [-0.39, 0.29) is 32.0 Å². The Labute approximate surface area is 627 Å². The summed E-state index contributed by atoms with van der Waals surface area (Å²) in [5.41, 5.74) is 0. The van der Waals surface area contributed by atoms with Gasteiger partial charge in [0, 0.05) is 12.8 Å². The van der Waals surface area contributed by atoms with Crippen LogP contribution in [-0.2, 0) is 32.7 Å². The highest BCUT2D eigenvalue weighted by Crippen LogP contribution is 2.38. The number of carbonyl (C=O) groups excluding carboxylic acids is 2. The van der Waals surface area contributed by atoms with E-state index in [2.05, 4.69) is 220 Å². The zero-order chi connectivity index (χ0) is 74.0. The molecule has 0 bridgehead atoms. The van der Waals surface area contributed by atoms with Crippen LogP contribution in [0.4, 0.5) is 0 Å². The summed E-state index contributed by atoms with van der Waals surface area (Å²) >= 11 is 0. The van der Waals surface area contributed by atoms with Gasteiger partial charge in [-0.15, -0.1) is 0 Å². The number of allylic oxidation sites excluding steroid dienone is 34. The minimum atomic E-state index is -4.66. The summed E-state index contributed by atoms with van der Waals surface area (Å²) in [6.07, 6.45) is 125. The molecule has 2 atom stereocenters. The molecule has 0 saturated heterocycles. The number of phosphoric ester groups is 1. The lowest BCUT2D eigenvalue weighted by Crippen LogP contribution is -2.37. The molecule has 0 rings (SSSR count). The van der Waals surface area contributed by atoms with Gasteiger partial charge < -0.3 is 27.9 Å². The second-order valence-electron chi connectivity index (χ2n) is 27.7. The van der Waals surface area contributed by atoms with Crippen LogP contribution in [0.25, 0.3) is 0 Å². The standard InChI is InChI=1S/C92H150NO8P/c1-6-8-10-12-14-16-18-20-22-24-26-28-30-32-34-36-38-40-42-44-45-46-47-49-50-52-54-56-58-60-62-64-66-68-70-72-74-76-78-80-82-84-91(94)98-88-90(89-100-102(96,97)99-87-86-93(3,4)5)101-92(95)85-83-81-79-77-75-73-71-69-67-65-63-61-59-57-55-53-51-48-43-41-39-37-35-33-31-29-27-25-23-21-19-17-15-13-11-9-7-2/h8-11,14-17,20-23,26-29,32-35,38-41,44-45,47-49,51,55,57,61,63,90H,6-7,12-13,18-19,24-25,30-31,36-37,42-43,46,50,52-54,56,58-60,62,64-89H2,1-5H3/b10-8-,11-9-,16-14-,17-15-,22-20-,23-21-,28-26-,29-27-,34-32-,35-33-,40-38-,41-39-,45-44-,49-47-,51-48-,57-55-,63-61-. The van der Waals surface area contributed by atoms with E-state index in [0.29, 0.717) is 17.4 Å². The van der Waals surface area contributed by atoms with Crippen LogP contribution in [0.15, 0.2) is 207 Å². The van der Waals surface area contributed by atoms with E-state index < -0.39 is 26.5 Å². The number of unbranched alkanes of at least 4 members (excludes halogenated alkanes) is 25. The molecule has 0 aliphatic carbocycles. The molecule has 0 saturated carbocycles. The first-order chi connectivity index (χ1) is 50.0. The third-order valence-electron chi connectivity index (χ3n) is 16.8. The lowest BCUT2D eigenvalue weighted by Gasteiger charge is -2.28. The first-order valence-corrected chi connectivity index (χ1v) is 42.3. The van der Waals surface area contributed by atoms with E-state index in [4.69, 9.17) is 18.5 Å². The molecule has 0 aromatic carbocycles. The van der Waals surface area contributed by atoms with Crippen molar-refractivity contribution in [2.45, 2.75) is 315 Å². The number of carbonyl (C=O) groups is 2. The molecule has 0 aromatic heterocycles. The van der Waals surface area contributed by atoms with Gasteiger partial charge in [0.2, 0.25) is 0 Å². The molecule has 9 nitrogen and oxygen atoms in total. The van der Waals surface area contributed by atoms with Crippen LogP contribution in [0.3, 0.4) is 0 Å². The predicted octanol–water partition coefficient (Wildman–Crippen LogP) is 27.1. The van der Waals surface area contributed by atoms with E-state index in [0.717, 1.165) is 154 Å². The molecule has 0 fully saturated rings. The van der Waals surface area contributed by atoms with Gasteiger partial charge in [0.15, 0.2) is 6.10 Å². The van der Waals surface area contributed by atoms with Crippen molar-refractivity contribution in [2.75, 3.05) is 47.5 Å². The second-order valence-corrected chi connectivity index (χ2v) is 29.1. The van der Waals surface area contributed by atoms with Crippen LogP contribution >= 0.6 is 7.82 Å². The summed E-state index contributed by atoms with van der Waals surface area (Å²) < 4.78 is 34.4. The topological polar surface area (TPSA) is 111 Å². The van der Waals surface area contributed by atoms with Crippen molar-refractivity contribution in [3.63, 3.8) is 0 Å². The fourth-order valence-corrected chi connectivity index (χ4v) is 11.4. The van der Waals surface area contributed by atoms with Gasteiger partial charge in [-0.1, -0.05) is 355 Å². The summed E-state index contributed by atoms with van der Waals surface area (Å²) in [6.45, 7) is 4.00. The Hall–Kier alpha value is -5.41. The van der Waals surface area contributed by atoms with E-state index in [9.17, 15) is 19.0 Å². The quantitative estimate of drug-likeness (QED) is 0.0195.